The number of anilines is 1. The van der Waals surface area contributed by atoms with Gasteiger partial charge in [-0.05, 0) is 88.4 Å². The maximum atomic E-state index is 14.3. The molecule has 0 aliphatic carbocycles. The van der Waals surface area contributed by atoms with Gasteiger partial charge in [0.25, 0.3) is 10.0 Å². The number of rotatable bonds is 13. The molecule has 3 aromatic rings. The highest BCUT2D eigenvalue weighted by molar-refractivity contribution is 7.98. The van der Waals surface area contributed by atoms with Crippen molar-refractivity contribution in [2.24, 2.45) is 0 Å². The predicted octanol–water partition coefficient (Wildman–Crippen LogP) is 6.38. The summed E-state index contributed by atoms with van der Waals surface area (Å²) in [6.07, 6.45) is 2.21. The molecule has 43 heavy (non-hydrogen) atoms. The summed E-state index contributed by atoms with van der Waals surface area (Å²) in [6, 6.07) is 19.4. The summed E-state index contributed by atoms with van der Waals surface area (Å²) in [7, 11) is -4.24. The van der Waals surface area contributed by atoms with Crippen LogP contribution in [0.2, 0.25) is 5.02 Å². The van der Waals surface area contributed by atoms with Crippen molar-refractivity contribution in [2.75, 3.05) is 23.7 Å². The number of benzene rings is 3. The summed E-state index contributed by atoms with van der Waals surface area (Å²) < 4.78 is 35.3. The van der Waals surface area contributed by atoms with Gasteiger partial charge in [0.2, 0.25) is 11.8 Å². The monoisotopic (exact) mass is 645 g/mol. The Morgan fingerprint density at radius 3 is 2.19 bits per heavy atom. The van der Waals surface area contributed by atoms with E-state index in [2.05, 4.69) is 5.32 Å². The maximum absolute atomic E-state index is 14.3. The van der Waals surface area contributed by atoms with E-state index < -0.39 is 34.1 Å². The van der Waals surface area contributed by atoms with E-state index in [1.807, 2.05) is 34.0 Å². The minimum atomic E-state index is -4.24. The molecule has 8 nitrogen and oxygen atoms in total. The smallest absolute Gasteiger partial charge is 0.264 e. The van der Waals surface area contributed by atoms with E-state index in [9.17, 15) is 18.0 Å². The van der Waals surface area contributed by atoms with Crippen molar-refractivity contribution >= 4 is 50.9 Å². The molecule has 1 atom stereocenters. The zero-order chi connectivity index (χ0) is 31.8. The lowest BCUT2D eigenvalue weighted by Gasteiger charge is -2.35. The lowest BCUT2D eigenvalue weighted by atomic mass is 10.1. The fourth-order valence-corrected chi connectivity index (χ4v) is 6.54. The van der Waals surface area contributed by atoms with Crippen molar-refractivity contribution in [1.82, 2.24) is 10.2 Å². The Kier molecular flexibility index (Phi) is 12.0. The Labute approximate surface area is 264 Å². The Bertz CT molecular complexity index is 1510. The van der Waals surface area contributed by atoms with Crippen molar-refractivity contribution in [3.8, 4) is 5.75 Å². The Morgan fingerprint density at radius 2 is 1.60 bits per heavy atom. The number of sulfonamides is 1. The third-order valence-corrected chi connectivity index (χ3v) is 9.43. The minimum Gasteiger partial charge on any atom is -0.492 e. The number of carbonyl (C=O) groups is 2. The lowest BCUT2D eigenvalue weighted by molar-refractivity contribution is -0.141. The van der Waals surface area contributed by atoms with Crippen molar-refractivity contribution < 1.29 is 22.7 Å². The van der Waals surface area contributed by atoms with Crippen molar-refractivity contribution in [1.29, 1.82) is 0 Å². The number of nitrogens with one attached hydrogen (secondary N) is 1. The quantitative estimate of drug-likeness (QED) is 0.217. The third kappa shape index (κ3) is 8.90. The van der Waals surface area contributed by atoms with Gasteiger partial charge < -0.3 is 15.0 Å². The average molecular weight is 646 g/mol. The molecule has 3 rings (SSSR count). The highest BCUT2D eigenvalue weighted by atomic mass is 35.5. The summed E-state index contributed by atoms with van der Waals surface area (Å²) in [5.41, 5.74) is 0.311. The molecule has 3 aromatic carbocycles. The molecule has 0 unspecified atom stereocenters. The summed E-state index contributed by atoms with van der Waals surface area (Å²) in [5.74, 6) is -0.587. The largest absolute Gasteiger partial charge is 0.492 e. The average Bonchev–Trinajstić information content (AvgIpc) is 2.96. The van der Waals surface area contributed by atoms with Gasteiger partial charge in [-0.15, -0.1) is 11.8 Å². The van der Waals surface area contributed by atoms with Crippen LogP contribution in [0, 0.1) is 0 Å². The first-order chi connectivity index (χ1) is 20.3. The van der Waals surface area contributed by atoms with Gasteiger partial charge in [0, 0.05) is 22.0 Å². The van der Waals surface area contributed by atoms with Gasteiger partial charge in [0.05, 0.1) is 17.2 Å². The molecular formula is C32H40ClN3O5S2. The van der Waals surface area contributed by atoms with Crippen LogP contribution in [0.15, 0.2) is 82.6 Å². The molecule has 0 bridgehead atoms. The molecule has 0 heterocycles. The van der Waals surface area contributed by atoms with Crippen LogP contribution in [0.3, 0.4) is 0 Å². The van der Waals surface area contributed by atoms with Crippen LogP contribution in [-0.2, 0) is 26.2 Å². The Balaban J connectivity index is 2.14. The number of amides is 2. The van der Waals surface area contributed by atoms with E-state index in [-0.39, 0.29) is 23.0 Å². The Morgan fingerprint density at radius 1 is 0.977 bits per heavy atom. The summed E-state index contributed by atoms with van der Waals surface area (Å²) in [5, 5.41) is 3.40. The molecule has 232 valence electrons. The van der Waals surface area contributed by atoms with Crippen LogP contribution in [0.1, 0.15) is 46.6 Å². The van der Waals surface area contributed by atoms with Crippen LogP contribution in [0.25, 0.3) is 0 Å². The van der Waals surface area contributed by atoms with Gasteiger partial charge in [0.1, 0.15) is 18.3 Å². The fourth-order valence-electron chi connectivity index (χ4n) is 4.51. The minimum absolute atomic E-state index is 0.0119. The second kappa shape index (κ2) is 15.0. The number of para-hydroxylation sites is 2. The molecule has 0 aromatic heterocycles. The number of thioether (sulfide) groups is 1. The molecule has 1 N–H and O–H groups in total. The lowest BCUT2D eigenvalue weighted by Crippen LogP contribution is -2.55. The second-order valence-electron chi connectivity index (χ2n) is 10.9. The van der Waals surface area contributed by atoms with Gasteiger partial charge in [-0.3, -0.25) is 13.9 Å². The van der Waals surface area contributed by atoms with Gasteiger partial charge in [-0.2, -0.15) is 0 Å². The molecule has 0 radical (unpaired) electrons. The van der Waals surface area contributed by atoms with Crippen LogP contribution >= 0.6 is 23.4 Å². The molecule has 0 saturated heterocycles. The predicted molar refractivity (Wildman–Crippen MR) is 174 cm³/mol. The van der Waals surface area contributed by atoms with Gasteiger partial charge in [-0.25, -0.2) is 8.42 Å². The van der Waals surface area contributed by atoms with E-state index in [0.29, 0.717) is 29.4 Å². The standard InChI is InChI=1S/C32H40ClN3O5S2/c1-7-27(31(38)34-32(3,4)5)35(21-23-13-9-10-14-26(23)33)30(37)22-36(28-15-11-12-16-29(28)41-8-2)43(39,40)25-19-17-24(42-6)18-20-25/h9-20,27H,7-8,21-22H2,1-6H3,(H,34,38)/t27-/m0/s1. The zero-order valence-electron chi connectivity index (χ0n) is 25.5. The van der Waals surface area contributed by atoms with E-state index in [1.165, 1.54) is 28.8 Å². The number of hydrogen-bond acceptors (Lipinski definition) is 6. The molecular weight excluding hydrogens is 606 g/mol. The third-order valence-electron chi connectivity index (χ3n) is 6.54. The molecule has 0 saturated carbocycles. The molecule has 0 spiro atoms. The number of halogens is 1. The van der Waals surface area contributed by atoms with Gasteiger partial charge in [0.15, 0.2) is 0 Å². The van der Waals surface area contributed by atoms with Crippen LogP contribution in [0.5, 0.6) is 5.75 Å². The highest BCUT2D eigenvalue weighted by Crippen LogP contribution is 2.33. The Hall–Kier alpha value is -3.21. The number of nitrogens with zero attached hydrogens (tertiary/aromatic N) is 2. The maximum Gasteiger partial charge on any atom is 0.264 e. The molecule has 0 aliphatic heterocycles. The normalized spacial score (nSPS) is 12.3. The first kappa shape index (κ1) is 34.3. The number of carbonyl (C=O) groups excluding carboxylic acids is 2. The summed E-state index contributed by atoms with van der Waals surface area (Å²) in [6.45, 7) is 8.93. The first-order valence-electron chi connectivity index (χ1n) is 14.1. The van der Waals surface area contributed by atoms with Gasteiger partial charge >= 0.3 is 0 Å². The van der Waals surface area contributed by atoms with E-state index in [4.69, 9.17) is 16.3 Å². The topological polar surface area (TPSA) is 96.0 Å². The number of ether oxygens (including phenoxy) is 1. The number of hydrogen-bond donors (Lipinski definition) is 1. The van der Waals surface area contributed by atoms with Gasteiger partial charge in [-0.1, -0.05) is 48.9 Å². The van der Waals surface area contributed by atoms with E-state index in [1.54, 1.807) is 67.6 Å². The molecule has 0 fully saturated rings. The molecule has 2 amide bonds. The first-order valence-corrected chi connectivity index (χ1v) is 17.1. The zero-order valence-corrected chi connectivity index (χ0v) is 27.9. The van der Waals surface area contributed by atoms with Crippen LogP contribution in [-0.4, -0.2) is 56.1 Å². The molecule has 0 aliphatic rings. The van der Waals surface area contributed by atoms with Crippen LogP contribution in [0.4, 0.5) is 5.69 Å². The highest BCUT2D eigenvalue weighted by Gasteiger charge is 2.35. The molecule has 11 heteroatoms. The summed E-state index contributed by atoms with van der Waals surface area (Å²) >= 11 is 7.97. The van der Waals surface area contributed by atoms with Crippen molar-refractivity contribution in [3.63, 3.8) is 0 Å². The summed E-state index contributed by atoms with van der Waals surface area (Å²) in [4.78, 5) is 30.1. The SMILES string of the molecule is CCOc1ccccc1N(CC(=O)N(Cc1ccccc1Cl)[C@@H](CC)C(=O)NC(C)(C)C)S(=O)(=O)c1ccc(SC)cc1. The second-order valence-corrected chi connectivity index (χ2v) is 14.0. The van der Waals surface area contributed by atoms with Crippen molar-refractivity contribution in [2.45, 2.75) is 69.0 Å². The fraction of sp³-hybridized carbons (Fsp3) is 0.375. The van der Waals surface area contributed by atoms with E-state index in [0.717, 1.165) is 9.20 Å². The van der Waals surface area contributed by atoms with Crippen LogP contribution < -0.4 is 14.4 Å². The van der Waals surface area contributed by atoms with E-state index >= 15 is 0 Å². The van der Waals surface area contributed by atoms with Crippen molar-refractivity contribution in [3.05, 3.63) is 83.4 Å².